The predicted octanol–water partition coefficient (Wildman–Crippen LogP) is 3.98. The summed E-state index contributed by atoms with van der Waals surface area (Å²) < 4.78 is 0. The zero-order chi connectivity index (χ0) is 15.0. The van der Waals surface area contributed by atoms with Gasteiger partial charge in [-0.3, -0.25) is 15.1 Å². The van der Waals surface area contributed by atoms with E-state index in [9.17, 15) is 10.1 Å². The van der Waals surface area contributed by atoms with E-state index >= 15 is 0 Å². The Labute approximate surface area is 127 Å². The van der Waals surface area contributed by atoms with E-state index in [0.29, 0.717) is 16.6 Å². The quantitative estimate of drug-likeness (QED) is 0.568. The molecule has 0 aliphatic rings. The van der Waals surface area contributed by atoms with Gasteiger partial charge in [0.15, 0.2) is 0 Å². The number of hydrogen-bond acceptors (Lipinski definition) is 5. The highest BCUT2D eigenvalue weighted by Gasteiger charge is 2.15. The fourth-order valence-corrected chi connectivity index (χ4v) is 2.24. The second kappa shape index (κ2) is 5.87. The van der Waals surface area contributed by atoms with Gasteiger partial charge in [0.05, 0.1) is 21.5 Å². The lowest BCUT2D eigenvalue weighted by Gasteiger charge is -2.06. The summed E-state index contributed by atoms with van der Waals surface area (Å²) in [5.41, 5.74) is 4.00. The zero-order valence-electron chi connectivity index (χ0n) is 12.4. The summed E-state index contributed by atoms with van der Waals surface area (Å²) in [5.74, 6) is 0. The molecule has 3 N–H and O–H groups in total. The van der Waals surface area contributed by atoms with Crippen molar-refractivity contribution in [2.75, 3.05) is 0 Å². The molecule has 0 spiro atoms. The van der Waals surface area contributed by atoms with Gasteiger partial charge in [-0.05, 0) is 37.6 Å². The van der Waals surface area contributed by atoms with E-state index in [-0.39, 0.29) is 16.8 Å². The van der Waals surface area contributed by atoms with Gasteiger partial charge in [0, 0.05) is 23.5 Å². The highest BCUT2D eigenvalue weighted by Crippen LogP contribution is 2.29. The third-order valence-electron chi connectivity index (χ3n) is 3.53. The smallest absolute Gasteiger partial charge is 0.280 e. The van der Waals surface area contributed by atoms with E-state index < -0.39 is 0 Å². The molecule has 0 amide bonds. The SMILES string of the molecule is Cc1cc(-c2cc([N+](=O)[O-])c3ccccc3n2)cnc1C.N. The van der Waals surface area contributed by atoms with E-state index in [0.717, 1.165) is 16.8 Å². The number of fused-ring (bicyclic) bond motifs is 1. The fourth-order valence-electron chi connectivity index (χ4n) is 2.24. The van der Waals surface area contributed by atoms with Crippen molar-refractivity contribution in [3.63, 3.8) is 0 Å². The van der Waals surface area contributed by atoms with Gasteiger partial charge >= 0.3 is 0 Å². The number of para-hydroxylation sites is 1. The molecule has 0 atom stereocenters. The van der Waals surface area contributed by atoms with Crippen molar-refractivity contribution in [1.82, 2.24) is 16.1 Å². The Morgan fingerprint density at radius 2 is 1.86 bits per heavy atom. The molecule has 6 heteroatoms. The second-order valence-corrected chi connectivity index (χ2v) is 4.93. The first-order valence-corrected chi connectivity index (χ1v) is 6.54. The first kappa shape index (κ1) is 15.5. The molecule has 0 saturated heterocycles. The summed E-state index contributed by atoms with van der Waals surface area (Å²) in [7, 11) is 0. The third-order valence-corrected chi connectivity index (χ3v) is 3.53. The summed E-state index contributed by atoms with van der Waals surface area (Å²) in [6.07, 6.45) is 1.70. The summed E-state index contributed by atoms with van der Waals surface area (Å²) in [4.78, 5) is 19.7. The maximum absolute atomic E-state index is 11.3. The molecular weight excluding hydrogens is 280 g/mol. The summed E-state index contributed by atoms with van der Waals surface area (Å²) in [6.45, 7) is 3.89. The molecule has 0 aliphatic heterocycles. The molecule has 0 fully saturated rings. The second-order valence-electron chi connectivity index (χ2n) is 4.93. The van der Waals surface area contributed by atoms with Gasteiger partial charge in [-0.2, -0.15) is 0 Å². The fraction of sp³-hybridized carbons (Fsp3) is 0.125. The van der Waals surface area contributed by atoms with Gasteiger partial charge < -0.3 is 6.15 Å². The van der Waals surface area contributed by atoms with Crippen molar-refractivity contribution in [1.29, 1.82) is 0 Å². The molecule has 6 nitrogen and oxygen atoms in total. The molecule has 0 unspecified atom stereocenters. The minimum atomic E-state index is -0.373. The Hall–Kier alpha value is -2.86. The van der Waals surface area contributed by atoms with Crippen molar-refractivity contribution < 1.29 is 4.92 Å². The van der Waals surface area contributed by atoms with Gasteiger partial charge in [0.2, 0.25) is 0 Å². The zero-order valence-corrected chi connectivity index (χ0v) is 12.4. The highest BCUT2D eigenvalue weighted by molar-refractivity contribution is 5.90. The van der Waals surface area contributed by atoms with Gasteiger partial charge in [-0.15, -0.1) is 0 Å². The number of benzene rings is 1. The van der Waals surface area contributed by atoms with Crippen LogP contribution in [0, 0.1) is 24.0 Å². The average Bonchev–Trinajstić information content (AvgIpc) is 2.48. The standard InChI is InChI=1S/C16H13N3O2.H3N/c1-10-7-12(9-17-11(10)2)15-8-16(19(20)21)13-5-3-4-6-14(13)18-15;/h3-9H,1-2H3;1H3. The van der Waals surface area contributed by atoms with Gasteiger partial charge in [-0.25, -0.2) is 4.98 Å². The van der Waals surface area contributed by atoms with Crippen molar-refractivity contribution in [2.45, 2.75) is 13.8 Å². The largest absolute Gasteiger partial charge is 0.344 e. The summed E-state index contributed by atoms with van der Waals surface area (Å²) in [6, 6.07) is 10.5. The van der Waals surface area contributed by atoms with Crippen LogP contribution < -0.4 is 6.15 Å². The van der Waals surface area contributed by atoms with Crippen LogP contribution in [0.2, 0.25) is 0 Å². The number of nitrogens with zero attached hydrogens (tertiary/aromatic N) is 3. The molecule has 2 aromatic heterocycles. The maximum atomic E-state index is 11.3. The number of aromatic nitrogens is 2. The molecule has 0 bridgehead atoms. The van der Waals surface area contributed by atoms with Crippen molar-refractivity contribution in [3.8, 4) is 11.3 Å². The van der Waals surface area contributed by atoms with Crippen LogP contribution in [0.5, 0.6) is 0 Å². The average molecular weight is 296 g/mol. The number of rotatable bonds is 2. The molecule has 1 aromatic carbocycles. The van der Waals surface area contributed by atoms with E-state index in [2.05, 4.69) is 9.97 Å². The summed E-state index contributed by atoms with van der Waals surface area (Å²) in [5, 5.41) is 11.8. The number of aryl methyl sites for hydroxylation is 2. The van der Waals surface area contributed by atoms with Crippen molar-refractivity contribution in [2.24, 2.45) is 0 Å². The molecule has 112 valence electrons. The van der Waals surface area contributed by atoms with E-state index in [1.54, 1.807) is 24.4 Å². The molecule has 3 aromatic rings. The molecule has 3 rings (SSSR count). The highest BCUT2D eigenvalue weighted by atomic mass is 16.6. The molecule has 22 heavy (non-hydrogen) atoms. The van der Waals surface area contributed by atoms with E-state index in [1.807, 2.05) is 26.0 Å². The lowest BCUT2D eigenvalue weighted by atomic mass is 10.1. The minimum Gasteiger partial charge on any atom is -0.344 e. The summed E-state index contributed by atoms with van der Waals surface area (Å²) >= 11 is 0. The Morgan fingerprint density at radius 3 is 2.55 bits per heavy atom. The molecular formula is C16H16N4O2. The van der Waals surface area contributed by atoms with Gasteiger partial charge in [-0.1, -0.05) is 12.1 Å². The number of nitro groups is 1. The first-order chi connectivity index (χ1) is 10.1. The van der Waals surface area contributed by atoms with Gasteiger partial charge in [0.25, 0.3) is 5.69 Å². The molecule has 0 aliphatic carbocycles. The van der Waals surface area contributed by atoms with Crippen LogP contribution in [-0.2, 0) is 0 Å². The lowest BCUT2D eigenvalue weighted by molar-refractivity contribution is -0.383. The van der Waals surface area contributed by atoms with Crippen molar-refractivity contribution in [3.05, 3.63) is 64.0 Å². The molecule has 2 heterocycles. The van der Waals surface area contributed by atoms with Crippen LogP contribution in [0.25, 0.3) is 22.2 Å². The monoisotopic (exact) mass is 296 g/mol. The van der Waals surface area contributed by atoms with Crippen LogP contribution in [0.4, 0.5) is 5.69 Å². The number of pyridine rings is 2. The Kier molecular flexibility index (Phi) is 4.14. The molecule has 0 saturated carbocycles. The normalized spacial score (nSPS) is 10.3. The van der Waals surface area contributed by atoms with Crippen LogP contribution in [0.1, 0.15) is 11.3 Å². The van der Waals surface area contributed by atoms with Crippen LogP contribution in [0.15, 0.2) is 42.6 Å². The van der Waals surface area contributed by atoms with Gasteiger partial charge in [0.1, 0.15) is 0 Å². The van der Waals surface area contributed by atoms with E-state index in [4.69, 9.17) is 0 Å². The maximum Gasteiger partial charge on any atom is 0.280 e. The number of hydrogen-bond donors (Lipinski definition) is 1. The Balaban J connectivity index is 0.00000176. The first-order valence-electron chi connectivity index (χ1n) is 6.54. The Morgan fingerprint density at radius 1 is 1.14 bits per heavy atom. The van der Waals surface area contributed by atoms with E-state index in [1.165, 1.54) is 6.07 Å². The topological polar surface area (TPSA) is 104 Å². The lowest BCUT2D eigenvalue weighted by Crippen LogP contribution is -1.95. The Bertz CT molecular complexity index is 862. The van der Waals surface area contributed by atoms with Crippen LogP contribution in [0.3, 0.4) is 0 Å². The molecule has 0 radical (unpaired) electrons. The third kappa shape index (κ3) is 2.64. The van der Waals surface area contributed by atoms with Crippen LogP contribution in [-0.4, -0.2) is 14.9 Å². The minimum absolute atomic E-state index is 0. The predicted molar refractivity (Wildman–Crippen MR) is 86.1 cm³/mol. The van der Waals surface area contributed by atoms with Crippen molar-refractivity contribution >= 4 is 16.6 Å². The van der Waals surface area contributed by atoms with Crippen LogP contribution >= 0.6 is 0 Å².